The number of hydrogen-bond donors (Lipinski definition) is 2. The van der Waals surface area contributed by atoms with Crippen molar-refractivity contribution in [2.45, 2.75) is 26.7 Å². The van der Waals surface area contributed by atoms with Gasteiger partial charge in [-0.25, -0.2) is 0 Å². The summed E-state index contributed by atoms with van der Waals surface area (Å²) in [6.45, 7) is 5.68. The molecule has 106 valence electrons. The van der Waals surface area contributed by atoms with Gasteiger partial charge in [0.05, 0.1) is 12.5 Å². The summed E-state index contributed by atoms with van der Waals surface area (Å²) in [5, 5.41) is 2.89. The Hall–Kier alpha value is -1.55. The van der Waals surface area contributed by atoms with E-state index in [4.69, 9.17) is 10.5 Å². The van der Waals surface area contributed by atoms with Crippen LogP contribution in [-0.4, -0.2) is 25.6 Å². The van der Waals surface area contributed by atoms with Gasteiger partial charge in [-0.3, -0.25) is 4.79 Å². The standard InChI is InChI=1S/C15H24N2O2/c1-3-8-17-15(18)13(11-16)9-12-6-5-7-14(10-12)19-4-2/h5-7,10,13H,3-4,8-9,11,16H2,1-2H3,(H,17,18). The summed E-state index contributed by atoms with van der Waals surface area (Å²) >= 11 is 0. The van der Waals surface area contributed by atoms with Crippen LogP contribution >= 0.6 is 0 Å². The van der Waals surface area contributed by atoms with Gasteiger partial charge in [-0.05, 0) is 37.5 Å². The van der Waals surface area contributed by atoms with Crippen LogP contribution in [0.1, 0.15) is 25.8 Å². The molecule has 1 aromatic rings. The van der Waals surface area contributed by atoms with Gasteiger partial charge in [0.2, 0.25) is 5.91 Å². The third-order valence-electron chi connectivity index (χ3n) is 2.90. The molecule has 0 aliphatic rings. The van der Waals surface area contributed by atoms with Crippen LogP contribution in [-0.2, 0) is 11.2 Å². The summed E-state index contributed by atoms with van der Waals surface area (Å²) in [5.74, 6) is 0.694. The zero-order chi connectivity index (χ0) is 14.1. The molecule has 0 saturated heterocycles. The highest BCUT2D eigenvalue weighted by Gasteiger charge is 2.16. The second-order valence-electron chi connectivity index (χ2n) is 4.51. The molecule has 0 heterocycles. The highest BCUT2D eigenvalue weighted by Crippen LogP contribution is 2.16. The number of ether oxygens (including phenoxy) is 1. The summed E-state index contributed by atoms with van der Waals surface area (Å²) in [4.78, 5) is 11.9. The lowest BCUT2D eigenvalue weighted by Gasteiger charge is -2.15. The molecule has 0 aromatic heterocycles. The minimum absolute atomic E-state index is 0.0335. The van der Waals surface area contributed by atoms with Crippen molar-refractivity contribution < 1.29 is 9.53 Å². The average molecular weight is 264 g/mol. The van der Waals surface area contributed by atoms with Gasteiger partial charge in [0.1, 0.15) is 5.75 Å². The van der Waals surface area contributed by atoms with Gasteiger partial charge in [-0.2, -0.15) is 0 Å². The summed E-state index contributed by atoms with van der Waals surface area (Å²) in [6, 6.07) is 7.83. The number of hydrogen-bond acceptors (Lipinski definition) is 3. The number of carbonyl (C=O) groups excluding carboxylic acids is 1. The van der Waals surface area contributed by atoms with Gasteiger partial charge >= 0.3 is 0 Å². The maximum absolute atomic E-state index is 11.9. The largest absolute Gasteiger partial charge is 0.494 e. The van der Waals surface area contributed by atoms with Crippen molar-refractivity contribution in [2.24, 2.45) is 11.7 Å². The molecule has 0 aliphatic carbocycles. The van der Waals surface area contributed by atoms with E-state index >= 15 is 0 Å². The minimum Gasteiger partial charge on any atom is -0.494 e. The van der Waals surface area contributed by atoms with Gasteiger partial charge in [0.15, 0.2) is 0 Å². The highest BCUT2D eigenvalue weighted by molar-refractivity contribution is 5.79. The first kappa shape index (κ1) is 15.5. The Morgan fingerprint density at radius 3 is 2.84 bits per heavy atom. The van der Waals surface area contributed by atoms with Crippen molar-refractivity contribution >= 4 is 5.91 Å². The quantitative estimate of drug-likeness (QED) is 0.751. The monoisotopic (exact) mass is 264 g/mol. The Morgan fingerprint density at radius 2 is 2.21 bits per heavy atom. The van der Waals surface area contributed by atoms with Crippen molar-refractivity contribution in [1.82, 2.24) is 5.32 Å². The lowest BCUT2D eigenvalue weighted by Crippen LogP contribution is -2.36. The smallest absolute Gasteiger partial charge is 0.224 e. The molecule has 1 amide bonds. The van der Waals surface area contributed by atoms with Gasteiger partial charge in [0, 0.05) is 13.1 Å². The van der Waals surface area contributed by atoms with Crippen molar-refractivity contribution in [3.05, 3.63) is 29.8 Å². The van der Waals surface area contributed by atoms with Crippen LogP contribution in [0, 0.1) is 5.92 Å². The fourth-order valence-electron chi connectivity index (χ4n) is 1.89. The first-order chi connectivity index (χ1) is 9.21. The number of rotatable bonds is 8. The molecule has 0 saturated carbocycles. The van der Waals surface area contributed by atoms with Gasteiger partial charge < -0.3 is 15.8 Å². The predicted octanol–water partition coefficient (Wildman–Crippen LogP) is 1.73. The normalized spacial score (nSPS) is 11.9. The van der Waals surface area contributed by atoms with Crippen LogP contribution < -0.4 is 15.8 Å². The van der Waals surface area contributed by atoms with E-state index < -0.39 is 0 Å². The molecule has 0 radical (unpaired) electrons. The van der Waals surface area contributed by atoms with Gasteiger partial charge in [-0.15, -0.1) is 0 Å². The Kier molecular flexibility index (Phi) is 6.97. The molecule has 0 aliphatic heterocycles. The molecule has 1 aromatic carbocycles. The topological polar surface area (TPSA) is 64.4 Å². The molecule has 1 unspecified atom stereocenters. The molecule has 19 heavy (non-hydrogen) atoms. The Labute approximate surface area is 115 Å². The third kappa shape index (κ3) is 5.30. The molecule has 3 N–H and O–H groups in total. The molecule has 4 heteroatoms. The van der Waals surface area contributed by atoms with E-state index in [1.54, 1.807) is 0 Å². The van der Waals surface area contributed by atoms with Crippen molar-refractivity contribution in [1.29, 1.82) is 0 Å². The summed E-state index contributed by atoms with van der Waals surface area (Å²) < 4.78 is 5.46. The zero-order valence-electron chi connectivity index (χ0n) is 11.8. The molecule has 0 spiro atoms. The van der Waals surface area contributed by atoms with Crippen molar-refractivity contribution in [3.63, 3.8) is 0 Å². The highest BCUT2D eigenvalue weighted by atomic mass is 16.5. The molecule has 1 rings (SSSR count). The Balaban J connectivity index is 2.64. The summed E-state index contributed by atoms with van der Waals surface area (Å²) in [5.41, 5.74) is 6.77. The lowest BCUT2D eigenvalue weighted by molar-refractivity contribution is -0.124. The molecular weight excluding hydrogens is 240 g/mol. The number of benzene rings is 1. The minimum atomic E-state index is -0.177. The van der Waals surface area contributed by atoms with Crippen LogP contribution in [0.5, 0.6) is 5.75 Å². The molecule has 0 bridgehead atoms. The Bertz CT molecular complexity index is 393. The molecule has 4 nitrogen and oxygen atoms in total. The Morgan fingerprint density at radius 1 is 1.42 bits per heavy atom. The number of nitrogens with two attached hydrogens (primary N) is 1. The summed E-state index contributed by atoms with van der Waals surface area (Å²) in [6.07, 6.45) is 1.58. The maximum atomic E-state index is 11.9. The van der Waals surface area contributed by atoms with Crippen molar-refractivity contribution in [3.8, 4) is 5.75 Å². The van der Waals surface area contributed by atoms with E-state index in [1.165, 1.54) is 0 Å². The fraction of sp³-hybridized carbons (Fsp3) is 0.533. The second-order valence-corrected chi connectivity index (χ2v) is 4.51. The van der Waals surface area contributed by atoms with Crippen molar-refractivity contribution in [2.75, 3.05) is 19.7 Å². The lowest BCUT2D eigenvalue weighted by atomic mass is 9.98. The van der Waals surface area contributed by atoms with Gasteiger partial charge in [-0.1, -0.05) is 19.1 Å². The van der Waals surface area contributed by atoms with E-state index in [0.717, 1.165) is 17.7 Å². The second kappa shape index (κ2) is 8.53. The van der Waals surface area contributed by atoms with Crippen LogP contribution in [0.15, 0.2) is 24.3 Å². The third-order valence-corrected chi connectivity index (χ3v) is 2.90. The molecular formula is C15H24N2O2. The molecule has 0 fully saturated rings. The van der Waals surface area contributed by atoms with Crippen LogP contribution in [0.25, 0.3) is 0 Å². The first-order valence-corrected chi connectivity index (χ1v) is 6.90. The average Bonchev–Trinajstić information content (AvgIpc) is 2.43. The number of nitrogens with one attached hydrogen (secondary N) is 1. The van der Waals surface area contributed by atoms with Crippen LogP contribution in [0.3, 0.4) is 0 Å². The van der Waals surface area contributed by atoms with E-state index in [-0.39, 0.29) is 11.8 Å². The SMILES string of the molecule is CCCNC(=O)C(CN)Cc1cccc(OCC)c1. The number of carbonyl (C=O) groups is 1. The van der Waals surface area contributed by atoms with E-state index in [2.05, 4.69) is 5.32 Å². The first-order valence-electron chi connectivity index (χ1n) is 6.90. The fourth-order valence-corrected chi connectivity index (χ4v) is 1.89. The van der Waals surface area contributed by atoms with Gasteiger partial charge in [0.25, 0.3) is 0 Å². The van der Waals surface area contributed by atoms with Crippen LogP contribution in [0.4, 0.5) is 0 Å². The van der Waals surface area contributed by atoms with E-state index in [1.807, 2.05) is 38.1 Å². The molecule has 1 atom stereocenters. The maximum Gasteiger partial charge on any atom is 0.224 e. The summed E-state index contributed by atoms with van der Waals surface area (Å²) in [7, 11) is 0. The number of amides is 1. The predicted molar refractivity (Wildman–Crippen MR) is 77.2 cm³/mol. The zero-order valence-corrected chi connectivity index (χ0v) is 11.8. The van der Waals surface area contributed by atoms with Crippen LogP contribution in [0.2, 0.25) is 0 Å². The van der Waals surface area contributed by atoms with E-state index in [9.17, 15) is 4.79 Å². The van der Waals surface area contributed by atoms with E-state index in [0.29, 0.717) is 26.1 Å².